The number of hydrogen-bond acceptors (Lipinski definition) is 7. The van der Waals surface area contributed by atoms with Crippen LogP contribution in [0.4, 0.5) is 10.2 Å². The Kier molecular flexibility index (Phi) is 5.08. The first-order valence-corrected chi connectivity index (χ1v) is 12.6. The fraction of sp³-hybridized carbons (Fsp3) is 0.435. The van der Waals surface area contributed by atoms with Crippen molar-refractivity contribution in [2.24, 2.45) is 5.41 Å². The van der Waals surface area contributed by atoms with Crippen LogP contribution in [0.1, 0.15) is 32.6 Å². The number of pyridine rings is 2. The Morgan fingerprint density at radius 1 is 1.35 bits per heavy atom. The summed E-state index contributed by atoms with van der Waals surface area (Å²) in [6.45, 7) is 1.74. The van der Waals surface area contributed by atoms with E-state index in [0.29, 0.717) is 42.0 Å². The van der Waals surface area contributed by atoms with Crippen LogP contribution in [0, 0.1) is 10.8 Å². The molecule has 3 heterocycles. The number of fused-ring (bicyclic) bond motifs is 2. The van der Waals surface area contributed by atoms with Crippen LogP contribution in [0.5, 0.6) is 5.75 Å². The normalized spacial score (nSPS) is 30.3. The summed E-state index contributed by atoms with van der Waals surface area (Å²) in [6, 6.07) is 3.69. The lowest BCUT2D eigenvalue weighted by atomic mass is 9.64. The van der Waals surface area contributed by atoms with Gasteiger partial charge in [-0.25, -0.2) is 27.1 Å². The van der Waals surface area contributed by atoms with E-state index >= 15 is 4.39 Å². The smallest absolute Gasteiger partial charge is 0.242 e. The van der Waals surface area contributed by atoms with E-state index in [1.165, 1.54) is 13.1 Å². The SMILES string of the molecule is COc1cnc2c(NC3=CC=C(F)C(C)([C@]45CCC[C@H]4S(=O)(=O)N(C)C(=N)N5)C3)nccc2c1. The second-order valence-electron chi connectivity index (χ2n) is 9.29. The van der Waals surface area contributed by atoms with E-state index in [2.05, 4.69) is 20.6 Å². The monoisotopic (exact) mass is 486 g/mol. The van der Waals surface area contributed by atoms with Crippen molar-refractivity contribution >= 4 is 32.7 Å². The second kappa shape index (κ2) is 7.66. The fourth-order valence-electron chi connectivity index (χ4n) is 5.63. The van der Waals surface area contributed by atoms with E-state index in [9.17, 15) is 8.42 Å². The Morgan fingerprint density at radius 2 is 2.15 bits per heavy atom. The van der Waals surface area contributed by atoms with E-state index < -0.39 is 32.1 Å². The molecule has 180 valence electrons. The van der Waals surface area contributed by atoms with Gasteiger partial charge in [-0.15, -0.1) is 0 Å². The van der Waals surface area contributed by atoms with Crippen LogP contribution in [0.2, 0.25) is 0 Å². The highest BCUT2D eigenvalue weighted by atomic mass is 32.2. The molecule has 1 saturated heterocycles. The fourth-order valence-corrected chi connectivity index (χ4v) is 7.72. The molecule has 1 saturated carbocycles. The van der Waals surface area contributed by atoms with Crippen LogP contribution < -0.4 is 15.4 Å². The second-order valence-corrected chi connectivity index (χ2v) is 11.4. The molecule has 2 aromatic rings. The molecule has 0 spiro atoms. The third-order valence-electron chi connectivity index (χ3n) is 7.56. The van der Waals surface area contributed by atoms with Crippen molar-refractivity contribution in [3.05, 3.63) is 48.2 Å². The van der Waals surface area contributed by atoms with Crippen molar-refractivity contribution in [2.75, 3.05) is 19.5 Å². The maximum atomic E-state index is 15.6. The minimum Gasteiger partial charge on any atom is -0.495 e. The molecule has 0 bridgehead atoms. The van der Waals surface area contributed by atoms with Crippen LogP contribution >= 0.6 is 0 Å². The number of ether oxygens (including phenoxy) is 1. The van der Waals surface area contributed by atoms with Gasteiger partial charge in [0, 0.05) is 36.2 Å². The van der Waals surface area contributed by atoms with E-state index in [4.69, 9.17) is 10.1 Å². The molecule has 1 unspecified atom stereocenters. The van der Waals surface area contributed by atoms with Gasteiger partial charge in [-0.05, 0) is 43.5 Å². The van der Waals surface area contributed by atoms with Crippen molar-refractivity contribution in [3.63, 3.8) is 0 Å². The summed E-state index contributed by atoms with van der Waals surface area (Å²) in [5, 5.41) is 14.7. The summed E-state index contributed by atoms with van der Waals surface area (Å²) in [5.41, 5.74) is -0.993. The van der Waals surface area contributed by atoms with Crippen LogP contribution in [0.3, 0.4) is 0 Å². The zero-order valence-electron chi connectivity index (χ0n) is 19.2. The molecular weight excluding hydrogens is 459 g/mol. The molecule has 5 rings (SSSR count). The quantitative estimate of drug-likeness (QED) is 0.606. The Morgan fingerprint density at radius 3 is 2.91 bits per heavy atom. The Balaban J connectivity index is 1.52. The third-order valence-corrected chi connectivity index (χ3v) is 9.86. The van der Waals surface area contributed by atoms with Crippen LogP contribution in [-0.4, -0.2) is 53.6 Å². The lowest BCUT2D eigenvalue weighted by Gasteiger charge is -2.54. The van der Waals surface area contributed by atoms with Crippen molar-refractivity contribution in [2.45, 2.75) is 43.4 Å². The number of nitrogens with zero attached hydrogens (tertiary/aromatic N) is 3. The van der Waals surface area contributed by atoms with Crippen LogP contribution in [0.15, 0.2) is 48.2 Å². The van der Waals surface area contributed by atoms with Crippen molar-refractivity contribution in [1.29, 1.82) is 5.41 Å². The average molecular weight is 487 g/mol. The molecule has 0 amide bonds. The third kappa shape index (κ3) is 3.09. The summed E-state index contributed by atoms with van der Waals surface area (Å²) in [7, 11) is -0.853. The van der Waals surface area contributed by atoms with Gasteiger partial charge in [-0.1, -0.05) is 6.92 Å². The minimum atomic E-state index is -3.79. The van der Waals surface area contributed by atoms with E-state index in [1.54, 1.807) is 32.5 Å². The van der Waals surface area contributed by atoms with Crippen LogP contribution in [-0.2, 0) is 10.0 Å². The summed E-state index contributed by atoms with van der Waals surface area (Å²) in [4.78, 5) is 8.88. The Labute approximate surface area is 197 Å². The number of rotatable bonds is 4. The molecule has 1 aliphatic heterocycles. The van der Waals surface area contributed by atoms with Crippen LogP contribution in [0.25, 0.3) is 10.9 Å². The molecule has 34 heavy (non-hydrogen) atoms. The number of methoxy groups -OCH3 is 1. The standard InChI is InChI=1S/C23H27FN6O3S/c1-22(23-9-4-5-18(23)34(31,32)30(2)21(25)29-23)12-15(6-7-17(22)24)28-20-19-14(8-10-26-20)11-16(33-3)13-27-19/h6-8,10-11,13,18H,4-5,9,12H2,1-3H3,(H2,25,29)(H,26,28)/t18-,22?,23+/m1/s1. The lowest BCUT2D eigenvalue weighted by Crippen LogP contribution is -2.73. The van der Waals surface area contributed by atoms with E-state index in [-0.39, 0.29) is 12.4 Å². The first-order chi connectivity index (χ1) is 16.1. The molecule has 2 aliphatic carbocycles. The molecule has 3 atom stereocenters. The van der Waals surface area contributed by atoms with Gasteiger partial charge in [0.15, 0.2) is 5.82 Å². The Hall–Kier alpha value is -3.21. The predicted octanol–water partition coefficient (Wildman–Crippen LogP) is 3.29. The number of sulfonamides is 1. The maximum absolute atomic E-state index is 15.6. The van der Waals surface area contributed by atoms with Gasteiger partial charge < -0.3 is 15.4 Å². The topological polar surface area (TPSA) is 120 Å². The molecule has 9 nitrogen and oxygen atoms in total. The highest BCUT2D eigenvalue weighted by Gasteiger charge is 2.65. The maximum Gasteiger partial charge on any atom is 0.242 e. The molecule has 11 heteroatoms. The molecule has 2 aromatic heterocycles. The van der Waals surface area contributed by atoms with Crippen molar-refractivity contribution in [3.8, 4) is 5.75 Å². The molecule has 0 radical (unpaired) electrons. The molecular formula is C23H27FN6O3S. The minimum absolute atomic E-state index is 0.208. The van der Waals surface area contributed by atoms with Gasteiger partial charge in [0.25, 0.3) is 0 Å². The number of allylic oxidation sites excluding steroid dienone is 3. The number of guanidine groups is 1. The highest BCUT2D eigenvalue weighted by Crippen LogP contribution is 2.56. The van der Waals surface area contributed by atoms with Gasteiger partial charge in [-0.2, -0.15) is 0 Å². The summed E-state index contributed by atoms with van der Waals surface area (Å²) in [6.07, 6.45) is 8.00. The molecule has 0 aromatic carbocycles. The van der Waals surface area contributed by atoms with Gasteiger partial charge in [0.05, 0.1) is 18.8 Å². The first kappa shape index (κ1) is 22.6. The van der Waals surface area contributed by atoms with Crippen molar-refractivity contribution < 1.29 is 17.5 Å². The summed E-state index contributed by atoms with van der Waals surface area (Å²) < 4.78 is 48.2. The zero-order valence-corrected chi connectivity index (χ0v) is 20.0. The largest absolute Gasteiger partial charge is 0.495 e. The van der Waals surface area contributed by atoms with Gasteiger partial charge in [-0.3, -0.25) is 5.41 Å². The number of aromatic nitrogens is 2. The molecule has 3 N–H and O–H groups in total. The van der Waals surface area contributed by atoms with E-state index in [0.717, 1.165) is 9.69 Å². The number of anilines is 1. The summed E-state index contributed by atoms with van der Waals surface area (Å²) >= 11 is 0. The van der Waals surface area contributed by atoms with Gasteiger partial charge in [0.2, 0.25) is 16.0 Å². The van der Waals surface area contributed by atoms with E-state index in [1.807, 2.05) is 12.1 Å². The number of hydrogen-bond donors (Lipinski definition) is 3. The van der Waals surface area contributed by atoms with Crippen molar-refractivity contribution in [1.82, 2.24) is 19.6 Å². The molecule has 2 fully saturated rings. The molecule has 3 aliphatic rings. The lowest BCUT2D eigenvalue weighted by molar-refractivity contribution is 0.125. The average Bonchev–Trinajstić information content (AvgIpc) is 3.26. The first-order valence-electron chi connectivity index (χ1n) is 11.1. The number of nitrogens with one attached hydrogen (secondary N) is 3. The zero-order chi connectivity index (χ0) is 24.3. The highest BCUT2D eigenvalue weighted by molar-refractivity contribution is 7.90. The predicted molar refractivity (Wildman–Crippen MR) is 128 cm³/mol. The van der Waals surface area contributed by atoms with Gasteiger partial charge >= 0.3 is 0 Å². The Bertz CT molecular complexity index is 1360. The summed E-state index contributed by atoms with van der Waals surface area (Å²) in [5.74, 6) is 0.507. The van der Waals surface area contributed by atoms with Gasteiger partial charge in [0.1, 0.15) is 22.3 Å². The number of halogens is 1.